The highest BCUT2D eigenvalue weighted by Gasteiger charge is 2.21. The SMILES string of the molecule is O=C(CCC[C@H](NC(=O)OCc1ccccc1)C(=O)O)OCc1ccccc1. The number of nitrogens with one attached hydrogen (secondary N) is 1. The van der Waals surface area contributed by atoms with E-state index >= 15 is 0 Å². The van der Waals surface area contributed by atoms with E-state index in [1.165, 1.54) is 0 Å². The summed E-state index contributed by atoms with van der Waals surface area (Å²) in [6, 6.07) is 17.2. The zero-order chi connectivity index (χ0) is 20.2. The monoisotopic (exact) mass is 385 g/mol. The minimum absolute atomic E-state index is 0.0465. The van der Waals surface area contributed by atoms with Gasteiger partial charge in [-0.05, 0) is 24.0 Å². The van der Waals surface area contributed by atoms with Crippen molar-refractivity contribution < 1.29 is 29.0 Å². The average molecular weight is 385 g/mol. The van der Waals surface area contributed by atoms with Crippen molar-refractivity contribution in [2.24, 2.45) is 0 Å². The van der Waals surface area contributed by atoms with Gasteiger partial charge < -0.3 is 19.9 Å². The Morgan fingerprint density at radius 3 is 1.93 bits per heavy atom. The van der Waals surface area contributed by atoms with Crippen molar-refractivity contribution in [1.29, 1.82) is 0 Å². The molecule has 0 fully saturated rings. The van der Waals surface area contributed by atoms with Crippen LogP contribution < -0.4 is 5.32 Å². The maximum absolute atomic E-state index is 11.8. The highest BCUT2D eigenvalue weighted by atomic mass is 16.5. The van der Waals surface area contributed by atoms with Crippen molar-refractivity contribution in [3.63, 3.8) is 0 Å². The predicted molar refractivity (Wildman–Crippen MR) is 101 cm³/mol. The molecule has 2 N–H and O–H groups in total. The predicted octanol–water partition coefficient (Wildman–Crippen LogP) is 3.28. The molecule has 148 valence electrons. The van der Waals surface area contributed by atoms with Crippen LogP contribution in [0.1, 0.15) is 30.4 Å². The van der Waals surface area contributed by atoms with Crippen LogP contribution >= 0.6 is 0 Å². The molecule has 0 radical (unpaired) electrons. The van der Waals surface area contributed by atoms with Gasteiger partial charge in [-0.25, -0.2) is 9.59 Å². The summed E-state index contributed by atoms with van der Waals surface area (Å²) in [5.41, 5.74) is 1.67. The van der Waals surface area contributed by atoms with Crippen molar-refractivity contribution in [3.8, 4) is 0 Å². The first kappa shape index (κ1) is 21.0. The Kier molecular flexibility index (Phi) is 8.52. The van der Waals surface area contributed by atoms with Gasteiger partial charge >= 0.3 is 18.0 Å². The van der Waals surface area contributed by atoms with Crippen LogP contribution in [0.2, 0.25) is 0 Å². The minimum Gasteiger partial charge on any atom is -0.480 e. The third-order valence-corrected chi connectivity index (χ3v) is 3.92. The molecule has 7 heteroatoms. The maximum atomic E-state index is 11.8. The molecule has 2 aromatic rings. The van der Waals surface area contributed by atoms with Crippen LogP contribution in [0, 0.1) is 0 Å². The van der Waals surface area contributed by atoms with Crippen molar-refractivity contribution >= 4 is 18.0 Å². The summed E-state index contributed by atoms with van der Waals surface area (Å²) in [6.45, 7) is 0.219. The molecule has 0 aliphatic carbocycles. The van der Waals surface area contributed by atoms with Gasteiger partial charge in [0.05, 0.1) is 0 Å². The van der Waals surface area contributed by atoms with Crippen LogP contribution in [0.15, 0.2) is 60.7 Å². The van der Waals surface area contributed by atoms with Crippen LogP contribution in [-0.4, -0.2) is 29.2 Å². The third kappa shape index (κ3) is 7.90. The van der Waals surface area contributed by atoms with E-state index in [1.807, 2.05) is 48.5 Å². The number of carboxylic acids is 1. The van der Waals surface area contributed by atoms with Gasteiger partial charge in [0.25, 0.3) is 0 Å². The first-order chi connectivity index (χ1) is 13.5. The van der Waals surface area contributed by atoms with Gasteiger partial charge in [-0.15, -0.1) is 0 Å². The number of alkyl carbamates (subject to hydrolysis) is 1. The summed E-state index contributed by atoms with van der Waals surface area (Å²) < 4.78 is 10.2. The zero-order valence-corrected chi connectivity index (χ0v) is 15.4. The number of carbonyl (C=O) groups excluding carboxylic acids is 2. The fourth-order valence-electron chi connectivity index (χ4n) is 2.43. The summed E-state index contributed by atoms with van der Waals surface area (Å²) in [7, 11) is 0. The Hall–Kier alpha value is -3.35. The van der Waals surface area contributed by atoms with Crippen molar-refractivity contribution in [3.05, 3.63) is 71.8 Å². The molecule has 1 atom stereocenters. The minimum atomic E-state index is -1.19. The van der Waals surface area contributed by atoms with E-state index < -0.39 is 24.1 Å². The highest BCUT2D eigenvalue weighted by Crippen LogP contribution is 2.07. The number of hydrogen-bond acceptors (Lipinski definition) is 5. The summed E-state index contributed by atoms with van der Waals surface area (Å²) in [4.78, 5) is 34.9. The van der Waals surface area contributed by atoms with E-state index in [2.05, 4.69) is 5.32 Å². The smallest absolute Gasteiger partial charge is 0.408 e. The molecule has 0 saturated heterocycles. The standard InChI is InChI=1S/C21H23NO6/c23-19(27-14-16-8-3-1-4-9-16)13-7-12-18(20(24)25)22-21(26)28-15-17-10-5-2-6-11-17/h1-6,8-11,18H,7,12-15H2,(H,22,26)(H,24,25)/t18-/m0/s1. The molecule has 0 spiro atoms. The van der Waals surface area contributed by atoms with Crippen LogP contribution in [0.4, 0.5) is 4.79 Å². The second kappa shape index (κ2) is 11.4. The molecule has 28 heavy (non-hydrogen) atoms. The van der Waals surface area contributed by atoms with Crippen molar-refractivity contribution in [1.82, 2.24) is 5.32 Å². The average Bonchev–Trinajstić information content (AvgIpc) is 2.71. The normalized spacial score (nSPS) is 11.3. The number of ether oxygens (including phenoxy) is 2. The number of aliphatic carboxylic acids is 1. The molecular formula is C21H23NO6. The van der Waals surface area contributed by atoms with Crippen molar-refractivity contribution in [2.75, 3.05) is 0 Å². The lowest BCUT2D eigenvalue weighted by Gasteiger charge is -2.14. The molecule has 2 rings (SSSR count). The Morgan fingerprint density at radius 2 is 1.39 bits per heavy atom. The van der Waals surface area contributed by atoms with Gasteiger partial charge in [-0.3, -0.25) is 4.79 Å². The van der Waals surface area contributed by atoms with Crippen LogP contribution in [0.5, 0.6) is 0 Å². The highest BCUT2D eigenvalue weighted by molar-refractivity contribution is 5.80. The van der Waals surface area contributed by atoms with Gasteiger partial charge in [0.1, 0.15) is 19.3 Å². The molecule has 0 saturated carbocycles. The number of carbonyl (C=O) groups is 3. The number of amides is 1. The maximum Gasteiger partial charge on any atom is 0.408 e. The second-order valence-electron chi connectivity index (χ2n) is 6.14. The van der Waals surface area contributed by atoms with Crippen LogP contribution in [0.25, 0.3) is 0 Å². The lowest BCUT2D eigenvalue weighted by atomic mass is 10.1. The van der Waals surface area contributed by atoms with E-state index in [0.717, 1.165) is 11.1 Å². The van der Waals surface area contributed by atoms with Gasteiger partial charge in [0.15, 0.2) is 0 Å². The van der Waals surface area contributed by atoms with Gasteiger partial charge in [0.2, 0.25) is 0 Å². The lowest BCUT2D eigenvalue weighted by Crippen LogP contribution is -2.41. The Morgan fingerprint density at radius 1 is 0.857 bits per heavy atom. The van der Waals surface area contributed by atoms with Gasteiger partial charge in [-0.2, -0.15) is 0 Å². The molecule has 1 amide bonds. The van der Waals surface area contributed by atoms with Crippen LogP contribution in [-0.2, 0) is 32.3 Å². The number of carboxylic acid groups (broad SMARTS) is 1. The quantitative estimate of drug-likeness (QED) is 0.609. The largest absolute Gasteiger partial charge is 0.480 e. The molecule has 0 heterocycles. The second-order valence-corrected chi connectivity index (χ2v) is 6.14. The Labute approximate surface area is 163 Å². The topological polar surface area (TPSA) is 102 Å². The molecule has 7 nitrogen and oxygen atoms in total. The number of rotatable bonds is 10. The van der Waals surface area contributed by atoms with Gasteiger partial charge in [0, 0.05) is 6.42 Å². The molecule has 0 aliphatic heterocycles. The summed E-state index contributed by atoms with van der Waals surface area (Å²) in [6.07, 6.45) is -0.389. The fraction of sp³-hybridized carbons (Fsp3) is 0.286. The number of hydrogen-bond donors (Lipinski definition) is 2. The molecule has 0 unspecified atom stereocenters. The summed E-state index contributed by atoms with van der Waals surface area (Å²) in [5.74, 6) is -1.60. The molecular weight excluding hydrogens is 362 g/mol. The summed E-state index contributed by atoms with van der Waals surface area (Å²) >= 11 is 0. The van der Waals surface area contributed by atoms with E-state index in [1.54, 1.807) is 12.1 Å². The molecule has 0 aliphatic rings. The molecule has 0 bridgehead atoms. The van der Waals surface area contributed by atoms with E-state index in [9.17, 15) is 19.5 Å². The van der Waals surface area contributed by atoms with E-state index in [-0.39, 0.29) is 32.5 Å². The van der Waals surface area contributed by atoms with E-state index in [0.29, 0.717) is 0 Å². The lowest BCUT2D eigenvalue weighted by molar-refractivity contribution is -0.145. The molecule has 0 aromatic heterocycles. The first-order valence-electron chi connectivity index (χ1n) is 8.94. The summed E-state index contributed by atoms with van der Waals surface area (Å²) in [5, 5.41) is 11.5. The van der Waals surface area contributed by atoms with E-state index in [4.69, 9.17) is 9.47 Å². The Bertz CT molecular complexity index is 763. The first-order valence-corrected chi connectivity index (χ1v) is 8.94. The zero-order valence-electron chi connectivity index (χ0n) is 15.4. The number of benzene rings is 2. The van der Waals surface area contributed by atoms with Crippen molar-refractivity contribution in [2.45, 2.75) is 38.5 Å². The third-order valence-electron chi connectivity index (χ3n) is 3.92. The van der Waals surface area contributed by atoms with Gasteiger partial charge in [-0.1, -0.05) is 60.7 Å². The fourth-order valence-corrected chi connectivity index (χ4v) is 2.43. The molecule has 2 aromatic carbocycles. The Balaban J connectivity index is 1.68. The van der Waals surface area contributed by atoms with Crippen LogP contribution in [0.3, 0.4) is 0 Å². The number of esters is 1.